The third-order valence-electron chi connectivity index (χ3n) is 3.74. The molecule has 7 heteroatoms. The van der Waals surface area contributed by atoms with Crippen molar-refractivity contribution >= 4 is 5.91 Å². The maximum absolute atomic E-state index is 12.4. The van der Waals surface area contributed by atoms with Crippen LogP contribution in [0.5, 0.6) is 5.75 Å². The zero-order chi connectivity index (χ0) is 15.6. The number of carbonyl (C=O) groups excluding carboxylic acids is 1. The third kappa shape index (κ3) is 3.47. The van der Waals surface area contributed by atoms with Crippen LogP contribution in [0.25, 0.3) is 0 Å². The molecule has 0 bridgehead atoms. The van der Waals surface area contributed by atoms with E-state index in [0.717, 1.165) is 0 Å². The summed E-state index contributed by atoms with van der Waals surface area (Å²) in [5.41, 5.74) is 0.132. The number of likely N-dealkylation sites (tertiary alicyclic amines) is 1. The molecule has 1 aliphatic heterocycles. The number of carbonyl (C=O) groups is 1. The molecular weight excluding hydrogens is 287 g/mol. The molecule has 1 aliphatic rings. The molecule has 0 saturated carbocycles. The second kappa shape index (κ2) is 5.93. The average molecular weight is 303 g/mol. The molecule has 1 aromatic rings. The minimum Gasteiger partial charge on any atom is -0.507 e. The zero-order valence-corrected chi connectivity index (χ0v) is 11.2. The van der Waals surface area contributed by atoms with Crippen molar-refractivity contribution in [3.8, 4) is 5.75 Å². The van der Waals surface area contributed by atoms with E-state index in [2.05, 4.69) is 0 Å². The summed E-state index contributed by atoms with van der Waals surface area (Å²) < 4.78 is 37.3. The standard InChI is InChI=1S/C14H16F3NO3/c15-14(16,17)12(20)9-5-7-18(8-6-9)13(21)10-3-1-2-4-11(10)19/h1-4,9,12,19-20H,5-8H2. The Bertz CT molecular complexity index is 510. The molecule has 2 rings (SSSR count). The Labute approximate surface area is 119 Å². The van der Waals surface area contributed by atoms with Crippen molar-refractivity contribution in [1.82, 2.24) is 4.90 Å². The maximum atomic E-state index is 12.4. The lowest BCUT2D eigenvalue weighted by Crippen LogP contribution is -2.45. The average Bonchev–Trinajstić information content (AvgIpc) is 2.45. The van der Waals surface area contributed by atoms with Crippen molar-refractivity contribution < 1.29 is 28.2 Å². The number of halogens is 3. The number of nitrogens with zero attached hydrogens (tertiary/aromatic N) is 1. The minimum absolute atomic E-state index is 0.0833. The van der Waals surface area contributed by atoms with E-state index in [1.165, 1.54) is 17.0 Å². The van der Waals surface area contributed by atoms with Gasteiger partial charge in [0.15, 0.2) is 6.10 Å². The first-order chi connectivity index (χ1) is 9.80. The Morgan fingerprint density at radius 2 is 1.81 bits per heavy atom. The first-order valence-electron chi connectivity index (χ1n) is 6.62. The Morgan fingerprint density at radius 1 is 1.24 bits per heavy atom. The summed E-state index contributed by atoms with van der Waals surface area (Å²) in [7, 11) is 0. The summed E-state index contributed by atoms with van der Waals surface area (Å²) >= 11 is 0. The quantitative estimate of drug-likeness (QED) is 0.880. The zero-order valence-electron chi connectivity index (χ0n) is 11.2. The lowest BCUT2D eigenvalue weighted by Gasteiger charge is -2.34. The molecule has 1 saturated heterocycles. The van der Waals surface area contributed by atoms with Crippen LogP contribution in [-0.2, 0) is 0 Å². The van der Waals surface area contributed by atoms with E-state index >= 15 is 0 Å². The van der Waals surface area contributed by atoms with Gasteiger partial charge in [0.05, 0.1) is 5.56 Å². The van der Waals surface area contributed by atoms with Crippen LogP contribution >= 0.6 is 0 Å². The highest BCUT2D eigenvalue weighted by Gasteiger charge is 2.44. The number of aliphatic hydroxyl groups excluding tert-OH is 1. The van der Waals surface area contributed by atoms with Gasteiger partial charge in [-0.1, -0.05) is 12.1 Å². The second-order valence-electron chi connectivity index (χ2n) is 5.13. The van der Waals surface area contributed by atoms with Crippen LogP contribution in [0, 0.1) is 5.92 Å². The fourth-order valence-corrected chi connectivity index (χ4v) is 2.51. The number of aliphatic hydroxyl groups is 1. The largest absolute Gasteiger partial charge is 0.507 e. The molecule has 1 heterocycles. The molecular formula is C14H16F3NO3. The number of aromatic hydroxyl groups is 1. The van der Waals surface area contributed by atoms with Crippen LogP contribution in [0.1, 0.15) is 23.2 Å². The van der Waals surface area contributed by atoms with Gasteiger partial charge in [-0.3, -0.25) is 4.79 Å². The highest BCUT2D eigenvalue weighted by atomic mass is 19.4. The topological polar surface area (TPSA) is 60.8 Å². The number of phenolic OH excluding ortho intramolecular Hbond substituents is 1. The van der Waals surface area contributed by atoms with Crippen molar-refractivity contribution in [2.24, 2.45) is 5.92 Å². The molecule has 21 heavy (non-hydrogen) atoms. The molecule has 1 atom stereocenters. The minimum atomic E-state index is -4.63. The second-order valence-corrected chi connectivity index (χ2v) is 5.13. The van der Waals surface area contributed by atoms with Gasteiger partial charge in [0.1, 0.15) is 5.75 Å². The molecule has 2 N–H and O–H groups in total. The lowest BCUT2D eigenvalue weighted by atomic mass is 9.90. The number of benzene rings is 1. The Kier molecular flexibility index (Phi) is 4.41. The number of hydrogen-bond donors (Lipinski definition) is 2. The molecule has 116 valence electrons. The summed E-state index contributed by atoms with van der Waals surface area (Å²) in [5.74, 6) is -1.45. The van der Waals surface area contributed by atoms with Gasteiger partial charge in [0.2, 0.25) is 0 Å². The molecule has 0 aliphatic carbocycles. The van der Waals surface area contributed by atoms with Gasteiger partial charge < -0.3 is 15.1 Å². The summed E-state index contributed by atoms with van der Waals surface area (Å²) in [6.45, 7) is 0.260. The van der Waals surface area contributed by atoms with Crippen LogP contribution in [-0.4, -0.2) is 46.4 Å². The SMILES string of the molecule is O=C(c1ccccc1O)N1CCC(C(O)C(F)(F)F)CC1. The molecule has 4 nitrogen and oxygen atoms in total. The van der Waals surface area contributed by atoms with Gasteiger partial charge in [0, 0.05) is 13.1 Å². The number of amides is 1. The summed E-state index contributed by atoms with van der Waals surface area (Å²) in [6.07, 6.45) is -6.81. The Hall–Kier alpha value is -1.76. The van der Waals surface area contributed by atoms with Crippen molar-refractivity contribution in [3.05, 3.63) is 29.8 Å². The molecule has 1 unspecified atom stereocenters. The molecule has 0 radical (unpaired) electrons. The van der Waals surface area contributed by atoms with E-state index in [9.17, 15) is 28.2 Å². The number of alkyl halides is 3. The summed E-state index contributed by atoms with van der Waals surface area (Å²) in [6, 6.07) is 6.03. The number of hydrogen-bond acceptors (Lipinski definition) is 3. The van der Waals surface area contributed by atoms with E-state index in [-0.39, 0.29) is 37.2 Å². The van der Waals surface area contributed by atoms with Gasteiger partial charge in [0.25, 0.3) is 5.91 Å². The molecule has 1 amide bonds. The Morgan fingerprint density at radius 3 is 2.33 bits per heavy atom. The van der Waals surface area contributed by atoms with Crippen molar-refractivity contribution in [3.63, 3.8) is 0 Å². The number of para-hydroxylation sites is 1. The van der Waals surface area contributed by atoms with Crippen LogP contribution in [0.2, 0.25) is 0 Å². The van der Waals surface area contributed by atoms with E-state index < -0.39 is 24.1 Å². The number of phenols is 1. The normalized spacial score (nSPS) is 18.6. The predicted octanol–water partition coefficient (Wildman–Crippen LogP) is 2.17. The van der Waals surface area contributed by atoms with E-state index in [0.29, 0.717) is 0 Å². The van der Waals surface area contributed by atoms with Crippen molar-refractivity contribution in [1.29, 1.82) is 0 Å². The third-order valence-corrected chi connectivity index (χ3v) is 3.74. The molecule has 0 aromatic heterocycles. The number of piperidine rings is 1. The monoisotopic (exact) mass is 303 g/mol. The highest BCUT2D eigenvalue weighted by Crippen LogP contribution is 2.32. The molecule has 0 spiro atoms. The van der Waals surface area contributed by atoms with Gasteiger partial charge in [-0.05, 0) is 30.9 Å². The van der Waals surface area contributed by atoms with Gasteiger partial charge in [-0.2, -0.15) is 13.2 Å². The summed E-state index contributed by atoms with van der Waals surface area (Å²) in [4.78, 5) is 13.6. The van der Waals surface area contributed by atoms with Crippen molar-refractivity contribution in [2.75, 3.05) is 13.1 Å². The highest BCUT2D eigenvalue weighted by molar-refractivity contribution is 5.96. The van der Waals surface area contributed by atoms with Gasteiger partial charge in [-0.15, -0.1) is 0 Å². The van der Waals surface area contributed by atoms with Crippen molar-refractivity contribution in [2.45, 2.75) is 25.1 Å². The summed E-state index contributed by atoms with van der Waals surface area (Å²) in [5, 5.41) is 18.9. The van der Waals surface area contributed by atoms with Crippen LogP contribution in [0.4, 0.5) is 13.2 Å². The van der Waals surface area contributed by atoms with Crippen LogP contribution < -0.4 is 0 Å². The predicted molar refractivity (Wildman–Crippen MR) is 68.8 cm³/mol. The first-order valence-corrected chi connectivity index (χ1v) is 6.62. The number of rotatable bonds is 2. The molecule has 1 aromatic carbocycles. The van der Waals surface area contributed by atoms with Crippen LogP contribution in [0.15, 0.2) is 24.3 Å². The van der Waals surface area contributed by atoms with Crippen LogP contribution in [0.3, 0.4) is 0 Å². The smallest absolute Gasteiger partial charge is 0.414 e. The fraction of sp³-hybridized carbons (Fsp3) is 0.500. The van der Waals surface area contributed by atoms with Gasteiger partial charge >= 0.3 is 6.18 Å². The van der Waals surface area contributed by atoms with E-state index in [4.69, 9.17) is 0 Å². The first kappa shape index (κ1) is 15.6. The van der Waals surface area contributed by atoms with E-state index in [1.54, 1.807) is 12.1 Å². The fourth-order valence-electron chi connectivity index (χ4n) is 2.51. The van der Waals surface area contributed by atoms with Gasteiger partial charge in [-0.25, -0.2) is 0 Å². The maximum Gasteiger partial charge on any atom is 0.414 e. The Balaban J connectivity index is 1.98. The molecule has 1 fully saturated rings. The van der Waals surface area contributed by atoms with E-state index in [1.807, 2.05) is 0 Å². The lowest BCUT2D eigenvalue weighted by molar-refractivity contribution is -0.222.